The van der Waals surface area contributed by atoms with Gasteiger partial charge in [-0.3, -0.25) is 5.41 Å². The minimum Gasteiger partial charge on any atom is -0.384 e. The zero-order valence-electron chi connectivity index (χ0n) is 6.77. The quantitative estimate of drug-likeness (QED) is 0.377. The molecule has 0 amide bonds. The molecule has 0 aliphatic carbocycles. The smallest absolute Gasteiger partial charge is 0.384 e. The van der Waals surface area contributed by atoms with Gasteiger partial charge in [-0.05, 0) is 12.8 Å². The maximum absolute atomic E-state index is 11.7. The number of aliphatic hydroxyl groups excluding tert-OH is 1. The maximum Gasteiger partial charge on any atom is 0.414 e. The van der Waals surface area contributed by atoms with Gasteiger partial charge in [0.1, 0.15) is 6.10 Å². The minimum atomic E-state index is -4.54. The van der Waals surface area contributed by atoms with Crippen LogP contribution in [0.4, 0.5) is 13.2 Å². The van der Waals surface area contributed by atoms with Crippen LogP contribution in [0, 0.1) is 5.41 Å². The predicted octanol–water partition coefficient (Wildman–Crippen LogP) is 1.32. The van der Waals surface area contributed by atoms with Crippen LogP contribution in [0.5, 0.6) is 0 Å². The number of thioether (sulfide) groups is 1. The van der Waals surface area contributed by atoms with Crippen molar-refractivity contribution in [2.75, 3.05) is 5.75 Å². The van der Waals surface area contributed by atoms with Crippen LogP contribution in [0.15, 0.2) is 0 Å². The van der Waals surface area contributed by atoms with Gasteiger partial charge in [-0.25, -0.2) is 0 Å². The second kappa shape index (κ2) is 5.33. The summed E-state index contributed by atoms with van der Waals surface area (Å²) in [5, 5.41) is 15.2. The molecule has 0 spiro atoms. The van der Waals surface area contributed by atoms with Crippen LogP contribution < -0.4 is 5.73 Å². The molecule has 78 valence electrons. The predicted molar refractivity (Wildman–Crippen MR) is 45.7 cm³/mol. The molecule has 0 fully saturated rings. The Hall–Kier alpha value is -0.430. The lowest BCUT2D eigenvalue weighted by molar-refractivity contribution is -0.205. The van der Waals surface area contributed by atoms with Crippen LogP contribution in [0.2, 0.25) is 0 Å². The minimum absolute atomic E-state index is 0.124. The van der Waals surface area contributed by atoms with E-state index in [1.165, 1.54) is 0 Å². The van der Waals surface area contributed by atoms with Crippen LogP contribution in [0.1, 0.15) is 12.8 Å². The Balaban J connectivity index is 3.49. The van der Waals surface area contributed by atoms with Crippen molar-refractivity contribution >= 4 is 16.9 Å². The highest BCUT2D eigenvalue weighted by Crippen LogP contribution is 2.23. The first-order valence-electron chi connectivity index (χ1n) is 3.55. The lowest BCUT2D eigenvalue weighted by Crippen LogP contribution is -2.28. The van der Waals surface area contributed by atoms with Gasteiger partial charge in [0, 0.05) is 5.75 Å². The van der Waals surface area contributed by atoms with Gasteiger partial charge in [0.15, 0.2) is 5.17 Å². The molecule has 4 N–H and O–H groups in total. The Morgan fingerprint density at radius 2 is 2.08 bits per heavy atom. The molecule has 1 atom stereocenters. The van der Waals surface area contributed by atoms with Crippen molar-refractivity contribution in [1.82, 2.24) is 0 Å². The number of nitrogens with one attached hydrogen (secondary N) is 1. The molecule has 0 radical (unpaired) electrons. The average Bonchev–Trinajstić information content (AvgIpc) is 1.95. The van der Waals surface area contributed by atoms with Crippen molar-refractivity contribution in [3.63, 3.8) is 0 Å². The topological polar surface area (TPSA) is 70.1 Å². The van der Waals surface area contributed by atoms with Crippen molar-refractivity contribution in [2.24, 2.45) is 5.73 Å². The lowest BCUT2D eigenvalue weighted by Gasteiger charge is -2.13. The van der Waals surface area contributed by atoms with Crippen molar-refractivity contribution in [2.45, 2.75) is 25.1 Å². The largest absolute Gasteiger partial charge is 0.414 e. The number of hydrogen-bond donors (Lipinski definition) is 3. The number of rotatable bonds is 4. The van der Waals surface area contributed by atoms with Crippen molar-refractivity contribution in [3.05, 3.63) is 0 Å². The molecular formula is C6H11F3N2OS. The number of nitrogens with two attached hydrogens (primary N) is 1. The van der Waals surface area contributed by atoms with E-state index >= 15 is 0 Å². The Kier molecular flexibility index (Phi) is 5.16. The highest BCUT2D eigenvalue weighted by Gasteiger charge is 2.37. The van der Waals surface area contributed by atoms with Crippen LogP contribution in [-0.2, 0) is 0 Å². The van der Waals surface area contributed by atoms with E-state index in [9.17, 15) is 13.2 Å². The molecule has 0 heterocycles. The Bertz CT molecular complexity index is 174. The van der Waals surface area contributed by atoms with E-state index in [1.807, 2.05) is 0 Å². The summed E-state index contributed by atoms with van der Waals surface area (Å²) in [6.07, 6.45) is -6.96. The van der Waals surface area contributed by atoms with Crippen LogP contribution in [-0.4, -0.2) is 28.3 Å². The average molecular weight is 216 g/mol. The van der Waals surface area contributed by atoms with Crippen molar-refractivity contribution in [1.29, 1.82) is 5.41 Å². The van der Waals surface area contributed by atoms with Gasteiger partial charge >= 0.3 is 6.18 Å². The number of hydrogen-bond acceptors (Lipinski definition) is 3. The molecule has 0 rings (SSSR count). The standard InChI is InChI=1S/C6H11F3N2OS/c7-6(8,9)4(12)2-1-3-13-5(10)11/h4,12H,1-3H2,(H3,10,11). The molecule has 13 heavy (non-hydrogen) atoms. The molecule has 0 aromatic heterocycles. The monoisotopic (exact) mass is 216 g/mol. The van der Waals surface area contributed by atoms with Gasteiger partial charge in [0.05, 0.1) is 0 Å². The van der Waals surface area contributed by atoms with E-state index in [1.54, 1.807) is 0 Å². The number of aliphatic hydroxyl groups is 1. The molecule has 0 aromatic carbocycles. The van der Waals surface area contributed by atoms with Crippen LogP contribution >= 0.6 is 11.8 Å². The second-order valence-electron chi connectivity index (χ2n) is 2.41. The van der Waals surface area contributed by atoms with E-state index in [-0.39, 0.29) is 18.0 Å². The number of alkyl halides is 3. The van der Waals surface area contributed by atoms with Gasteiger partial charge in [0.25, 0.3) is 0 Å². The first kappa shape index (κ1) is 12.6. The fourth-order valence-electron chi connectivity index (χ4n) is 0.622. The summed E-state index contributed by atoms with van der Waals surface area (Å²) in [6, 6.07) is 0. The van der Waals surface area contributed by atoms with Gasteiger partial charge in [-0.15, -0.1) is 0 Å². The summed E-state index contributed by atoms with van der Waals surface area (Å²) in [5.41, 5.74) is 4.96. The summed E-state index contributed by atoms with van der Waals surface area (Å²) in [7, 11) is 0. The third-order valence-electron chi connectivity index (χ3n) is 1.26. The van der Waals surface area contributed by atoms with Gasteiger partial charge in [0.2, 0.25) is 0 Å². The molecule has 0 saturated heterocycles. The Labute approximate surface area is 78.0 Å². The second-order valence-corrected chi connectivity index (χ2v) is 3.55. The first-order chi connectivity index (χ1) is 5.84. The normalized spacial score (nSPS) is 14.2. The fourth-order valence-corrected chi connectivity index (χ4v) is 1.15. The molecular weight excluding hydrogens is 205 g/mol. The van der Waals surface area contributed by atoms with Gasteiger partial charge in [-0.1, -0.05) is 11.8 Å². The summed E-state index contributed by atoms with van der Waals surface area (Å²) in [5.74, 6) is 0.322. The number of halogens is 3. The summed E-state index contributed by atoms with van der Waals surface area (Å²) in [6.45, 7) is 0. The SMILES string of the molecule is N=C(N)SCCCC(O)C(F)(F)F. The summed E-state index contributed by atoms with van der Waals surface area (Å²) in [4.78, 5) is 0. The van der Waals surface area contributed by atoms with E-state index in [2.05, 4.69) is 0 Å². The molecule has 7 heteroatoms. The Morgan fingerprint density at radius 1 is 1.54 bits per heavy atom. The molecule has 3 nitrogen and oxygen atoms in total. The zero-order valence-corrected chi connectivity index (χ0v) is 7.58. The molecule has 1 unspecified atom stereocenters. The first-order valence-corrected chi connectivity index (χ1v) is 4.54. The third-order valence-corrected chi connectivity index (χ3v) is 2.06. The Morgan fingerprint density at radius 3 is 2.46 bits per heavy atom. The highest BCUT2D eigenvalue weighted by molar-refractivity contribution is 8.13. The molecule has 0 aromatic rings. The van der Waals surface area contributed by atoms with E-state index in [0.717, 1.165) is 11.8 Å². The van der Waals surface area contributed by atoms with E-state index < -0.39 is 12.3 Å². The van der Waals surface area contributed by atoms with E-state index in [4.69, 9.17) is 16.2 Å². The highest BCUT2D eigenvalue weighted by atomic mass is 32.2. The van der Waals surface area contributed by atoms with Crippen molar-refractivity contribution < 1.29 is 18.3 Å². The molecule has 0 aliphatic rings. The molecule has 0 aliphatic heterocycles. The van der Waals surface area contributed by atoms with Crippen LogP contribution in [0.3, 0.4) is 0 Å². The summed E-state index contributed by atoms with van der Waals surface area (Å²) < 4.78 is 35.1. The number of amidine groups is 1. The van der Waals surface area contributed by atoms with Crippen molar-refractivity contribution in [3.8, 4) is 0 Å². The van der Waals surface area contributed by atoms with Gasteiger partial charge in [-0.2, -0.15) is 13.2 Å². The molecule has 0 bridgehead atoms. The lowest BCUT2D eigenvalue weighted by atomic mass is 10.2. The van der Waals surface area contributed by atoms with Crippen LogP contribution in [0.25, 0.3) is 0 Å². The zero-order chi connectivity index (χ0) is 10.5. The molecule has 0 saturated carbocycles. The fraction of sp³-hybridized carbons (Fsp3) is 0.833. The third kappa shape index (κ3) is 6.71. The van der Waals surface area contributed by atoms with Gasteiger partial charge < -0.3 is 10.8 Å². The van der Waals surface area contributed by atoms with E-state index in [0.29, 0.717) is 5.75 Å². The summed E-state index contributed by atoms with van der Waals surface area (Å²) >= 11 is 0.967. The maximum atomic E-state index is 11.7.